The van der Waals surface area contributed by atoms with Crippen LogP contribution >= 0.6 is 60.4 Å². The average molecular weight is 861 g/mol. The summed E-state index contributed by atoms with van der Waals surface area (Å²) in [5.74, 6) is 0.448. The van der Waals surface area contributed by atoms with Gasteiger partial charge in [-0.05, 0) is 58.7 Å². The third-order valence-electron chi connectivity index (χ3n) is 4.60. The van der Waals surface area contributed by atoms with Gasteiger partial charge in [0.1, 0.15) is 11.2 Å². The van der Waals surface area contributed by atoms with Gasteiger partial charge in [0, 0.05) is 29.8 Å². The fourth-order valence-electron chi connectivity index (χ4n) is 2.92. The molecule has 0 aliphatic carbocycles. The fourth-order valence-corrected chi connectivity index (χ4v) is 3.35. The first-order chi connectivity index (χ1) is 23.2. The number of hydrogen-bond donors (Lipinski definition) is 2. The normalized spacial score (nSPS) is 9.62. The van der Waals surface area contributed by atoms with Crippen LogP contribution in [-0.2, 0) is 52.2 Å². The summed E-state index contributed by atoms with van der Waals surface area (Å²) in [6.45, 7) is 11.5. The topological polar surface area (TPSA) is 201 Å². The summed E-state index contributed by atoms with van der Waals surface area (Å²) < 4.78 is 14.8. The van der Waals surface area contributed by atoms with Crippen LogP contribution in [0.5, 0.6) is 5.75 Å². The van der Waals surface area contributed by atoms with Crippen molar-refractivity contribution < 1.29 is 55.3 Å². The first kappa shape index (κ1) is 51.6. The molecule has 0 aliphatic heterocycles. The Morgan fingerprint density at radius 1 is 0.940 bits per heavy atom. The van der Waals surface area contributed by atoms with E-state index in [4.69, 9.17) is 89.1 Å². The number of methoxy groups -OCH3 is 1. The van der Waals surface area contributed by atoms with Gasteiger partial charge in [-0.3, -0.25) is 14.9 Å². The number of aromatic amines is 1. The van der Waals surface area contributed by atoms with Crippen molar-refractivity contribution in [3.05, 3.63) is 56.6 Å². The van der Waals surface area contributed by atoms with Crippen molar-refractivity contribution in [2.75, 3.05) is 19.0 Å². The zero-order chi connectivity index (χ0) is 39.5. The molecule has 3 aromatic rings. The van der Waals surface area contributed by atoms with Gasteiger partial charge in [-0.15, -0.1) is 0 Å². The second kappa shape index (κ2) is 28.9. The monoisotopic (exact) mass is 858 g/mol. The number of rotatable bonds is 6. The predicted molar refractivity (Wildman–Crippen MR) is 187 cm³/mol. The fraction of sp³-hybridized carbons (Fsp3) is 0.414. The zero-order valence-electron chi connectivity index (χ0n) is 28.0. The van der Waals surface area contributed by atoms with Crippen molar-refractivity contribution in [2.45, 2.75) is 66.4 Å². The van der Waals surface area contributed by atoms with E-state index in [0.717, 1.165) is 17.4 Å². The van der Waals surface area contributed by atoms with E-state index in [0.29, 0.717) is 40.9 Å². The number of anilines is 1. The quantitative estimate of drug-likeness (QED) is 0.178. The number of hydrogen-bond acceptors (Lipinski definition) is 12. The van der Waals surface area contributed by atoms with Gasteiger partial charge in [-0.2, -0.15) is 19.2 Å². The number of fused-ring (bicyclic) bond motifs is 1. The van der Waals surface area contributed by atoms with E-state index in [1.54, 1.807) is 45.2 Å². The van der Waals surface area contributed by atoms with Crippen molar-refractivity contribution in [3.63, 3.8) is 0 Å². The van der Waals surface area contributed by atoms with Crippen LogP contribution in [0, 0.1) is 0 Å². The van der Waals surface area contributed by atoms with Gasteiger partial charge in [0.2, 0.25) is 0 Å². The number of aromatic nitrogens is 3. The number of carbonyl (C=O) groups excluding carboxylic acids is 6. The molecule has 278 valence electrons. The number of ether oxygens (including phenoxy) is 3. The SMILES string of the molecule is CCCC(=O)OCC.CCc1cc2c(Cl)ccnc2[nH]c1=O.COc1c(Cl)ccnc1NC(=O)OC(C)(C)C.O=C=O.O=C=O.[Cl][Ti]([Cl])([Cl])[Cl]. The molecule has 3 aromatic heterocycles. The summed E-state index contributed by atoms with van der Waals surface area (Å²) in [5, 5.41) is 4.26. The minimum atomic E-state index is -3.11. The van der Waals surface area contributed by atoms with E-state index in [1.165, 1.54) is 13.3 Å². The molecule has 0 aliphatic rings. The third kappa shape index (κ3) is 28.0. The molecular weight excluding hydrogens is 825 g/mol. The van der Waals surface area contributed by atoms with E-state index >= 15 is 0 Å². The number of amides is 1. The molecule has 0 bridgehead atoms. The Kier molecular flexibility index (Phi) is 29.8. The van der Waals surface area contributed by atoms with E-state index in [2.05, 4.69) is 25.0 Å². The van der Waals surface area contributed by atoms with Crippen molar-refractivity contribution in [1.82, 2.24) is 15.0 Å². The first-order valence-electron chi connectivity index (χ1n) is 13.9. The van der Waals surface area contributed by atoms with Crippen LogP contribution in [0.1, 0.15) is 59.9 Å². The Morgan fingerprint density at radius 3 is 1.88 bits per heavy atom. The summed E-state index contributed by atoms with van der Waals surface area (Å²) >= 11 is 8.75. The molecule has 14 nitrogen and oxygen atoms in total. The van der Waals surface area contributed by atoms with E-state index in [9.17, 15) is 14.4 Å². The summed E-state index contributed by atoms with van der Waals surface area (Å²) in [6.07, 6.45) is 5.05. The second-order valence-corrected chi connectivity index (χ2v) is 25.8. The number of halogens is 6. The maximum atomic E-state index is 11.5. The Hall–Kier alpha value is -2.74. The van der Waals surface area contributed by atoms with Crippen LogP contribution in [0.25, 0.3) is 11.0 Å². The maximum absolute atomic E-state index is 11.5. The standard InChI is InChI=1S/C11H15ClN2O3.C10H9ClN2O.C6H12O2.2CO2.4ClH.Ti/c1-11(2,3)17-10(15)14-9-8(16-4)7(12)5-6-13-9;1-2-6-5-7-8(11)3-4-12-9(7)13-10(6)14;1-3-5-6(7)8-4-2;2*2-1-3;;;;;/h5-6H,1-4H3,(H,13,14,15);3-5H,2H2,1H3,(H,12,13,14);3-5H2,1-2H3;;;4*1H;/q;;;;;;;;;+4/p-4. The van der Waals surface area contributed by atoms with E-state index in [1.807, 2.05) is 20.8 Å². The molecule has 0 fully saturated rings. The average Bonchev–Trinajstić information content (AvgIpc) is 2.97. The number of nitrogens with one attached hydrogen (secondary N) is 2. The molecular formula is C29H36Cl6N4O10Ti. The van der Waals surface area contributed by atoms with Gasteiger partial charge in [0.25, 0.3) is 5.56 Å². The van der Waals surface area contributed by atoms with Crippen LogP contribution < -0.4 is 15.6 Å². The first-order valence-corrected chi connectivity index (χ1v) is 23.3. The Bertz CT molecular complexity index is 1560. The summed E-state index contributed by atoms with van der Waals surface area (Å²) in [7, 11) is 21.5. The number of aryl methyl sites for hydroxylation is 1. The van der Waals surface area contributed by atoms with Gasteiger partial charge in [0.05, 0.1) is 23.8 Å². The summed E-state index contributed by atoms with van der Waals surface area (Å²) in [6, 6.07) is 5.08. The molecule has 1 amide bonds. The van der Waals surface area contributed by atoms with Crippen molar-refractivity contribution in [3.8, 4) is 5.75 Å². The Morgan fingerprint density at radius 2 is 1.44 bits per heavy atom. The van der Waals surface area contributed by atoms with Crippen LogP contribution in [-0.4, -0.2) is 58.6 Å². The van der Waals surface area contributed by atoms with Crippen LogP contribution in [0.4, 0.5) is 10.6 Å². The van der Waals surface area contributed by atoms with Crippen molar-refractivity contribution >= 4 is 102 Å². The van der Waals surface area contributed by atoms with Crippen molar-refractivity contribution in [2.24, 2.45) is 0 Å². The van der Waals surface area contributed by atoms with Gasteiger partial charge in [-0.25, -0.2) is 14.8 Å². The molecule has 0 saturated heterocycles. The molecule has 0 saturated carbocycles. The summed E-state index contributed by atoms with van der Waals surface area (Å²) in [4.78, 5) is 76.6. The van der Waals surface area contributed by atoms with Crippen LogP contribution in [0.2, 0.25) is 10.0 Å². The van der Waals surface area contributed by atoms with Crippen molar-refractivity contribution in [1.29, 1.82) is 0 Å². The number of pyridine rings is 3. The molecule has 3 rings (SSSR count). The molecule has 2 N–H and O–H groups in total. The zero-order valence-corrected chi connectivity index (χ0v) is 34.1. The Balaban J connectivity index is -0.000000598. The van der Waals surface area contributed by atoms with Gasteiger partial charge in [-0.1, -0.05) is 37.0 Å². The number of esters is 1. The minimum absolute atomic E-state index is 0.0880. The number of H-pyrrole nitrogens is 1. The third-order valence-corrected chi connectivity index (χ3v) is 5.23. The van der Waals surface area contributed by atoms with E-state index < -0.39 is 24.0 Å². The molecule has 0 radical (unpaired) electrons. The van der Waals surface area contributed by atoms with Gasteiger partial charge < -0.3 is 19.2 Å². The molecule has 3 heterocycles. The Labute approximate surface area is 317 Å². The van der Waals surface area contributed by atoms with Crippen LogP contribution in [0.3, 0.4) is 0 Å². The van der Waals surface area contributed by atoms with Gasteiger partial charge in [0.15, 0.2) is 11.6 Å². The molecule has 0 aromatic carbocycles. The molecule has 0 unspecified atom stereocenters. The number of carbonyl (C=O) groups is 2. The number of nitrogens with zero attached hydrogens (tertiary/aromatic N) is 2. The predicted octanol–water partition coefficient (Wildman–Crippen LogP) is 8.17. The summed E-state index contributed by atoms with van der Waals surface area (Å²) in [5.41, 5.74) is 0.609. The molecule has 0 spiro atoms. The molecule has 0 atom stereocenters. The molecule has 21 heteroatoms. The second-order valence-electron chi connectivity index (χ2n) is 9.48. The van der Waals surface area contributed by atoms with E-state index in [-0.39, 0.29) is 29.6 Å². The van der Waals surface area contributed by atoms with Gasteiger partial charge >= 0.3 is 73.9 Å². The molecule has 50 heavy (non-hydrogen) atoms. The van der Waals surface area contributed by atoms with Crippen LogP contribution in [0.15, 0.2) is 35.4 Å².